The third kappa shape index (κ3) is 3.87. The summed E-state index contributed by atoms with van der Waals surface area (Å²) < 4.78 is 43.1. The van der Waals surface area contributed by atoms with Gasteiger partial charge in [0.1, 0.15) is 0 Å². The van der Waals surface area contributed by atoms with E-state index >= 15 is 0 Å². The molecular formula is C14H11F3N2O3. The summed E-state index contributed by atoms with van der Waals surface area (Å²) in [7, 11) is 0. The van der Waals surface area contributed by atoms with Crippen LogP contribution >= 0.6 is 0 Å². The van der Waals surface area contributed by atoms with Gasteiger partial charge < -0.3 is 15.1 Å². The lowest BCUT2D eigenvalue weighted by Gasteiger charge is -2.13. The van der Waals surface area contributed by atoms with Crippen molar-refractivity contribution in [2.45, 2.75) is 6.18 Å². The number of alkyl halides is 3. The molecule has 0 aliphatic rings. The molecule has 5 nitrogen and oxygen atoms in total. The van der Waals surface area contributed by atoms with Crippen molar-refractivity contribution in [2.75, 3.05) is 11.9 Å². The second kappa shape index (κ2) is 6.33. The molecule has 2 rings (SSSR count). The van der Waals surface area contributed by atoms with Crippen LogP contribution in [0.4, 0.5) is 18.9 Å². The number of furan rings is 1. The lowest BCUT2D eigenvalue weighted by atomic mass is 10.1. The molecule has 8 heteroatoms. The molecule has 0 bridgehead atoms. The molecule has 2 aromatic rings. The summed E-state index contributed by atoms with van der Waals surface area (Å²) in [5.74, 6) is -1.41. The van der Waals surface area contributed by atoms with E-state index in [9.17, 15) is 22.8 Å². The minimum absolute atomic E-state index is 0.00323. The number of hydrogen-bond donors (Lipinski definition) is 2. The van der Waals surface area contributed by atoms with Gasteiger partial charge in [-0.25, -0.2) is 0 Å². The Kier molecular flexibility index (Phi) is 4.50. The van der Waals surface area contributed by atoms with Crippen LogP contribution in [0.2, 0.25) is 0 Å². The van der Waals surface area contributed by atoms with Crippen LogP contribution in [-0.4, -0.2) is 18.4 Å². The van der Waals surface area contributed by atoms with E-state index in [1.807, 2.05) is 0 Å². The standard InChI is InChI=1S/C14H11F3N2O3/c15-14(16,17)9-4-1-2-5-10(9)19-12(20)8-18-13(21)11-6-3-7-22-11/h1-7H,8H2,(H,18,21)(H,19,20). The molecule has 0 aliphatic heterocycles. The highest BCUT2D eigenvalue weighted by atomic mass is 19.4. The lowest BCUT2D eigenvalue weighted by Crippen LogP contribution is -2.33. The molecule has 0 saturated heterocycles. The zero-order valence-electron chi connectivity index (χ0n) is 11.1. The molecular weight excluding hydrogens is 301 g/mol. The monoisotopic (exact) mass is 312 g/mol. The van der Waals surface area contributed by atoms with E-state index in [1.54, 1.807) is 0 Å². The van der Waals surface area contributed by atoms with Gasteiger partial charge in [-0.05, 0) is 24.3 Å². The first-order chi connectivity index (χ1) is 10.4. The number of halogens is 3. The molecule has 2 amide bonds. The molecule has 116 valence electrons. The van der Waals surface area contributed by atoms with Gasteiger partial charge in [0.15, 0.2) is 5.76 Å². The topological polar surface area (TPSA) is 71.3 Å². The molecule has 0 fully saturated rings. The maximum Gasteiger partial charge on any atom is 0.418 e. The van der Waals surface area contributed by atoms with E-state index in [-0.39, 0.29) is 11.4 Å². The number of nitrogens with one attached hydrogen (secondary N) is 2. The minimum Gasteiger partial charge on any atom is -0.459 e. The summed E-state index contributed by atoms with van der Waals surface area (Å²) in [5, 5.41) is 4.35. The smallest absolute Gasteiger partial charge is 0.418 e. The van der Waals surface area contributed by atoms with Crippen LogP contribution in [0.15, 0.2) is 47.1 Å². The molecule has 2 N–H and O–H groups in total. The minimum atomic E-state index is -4.58. The first-order valence-corrected chi connectivity index (χ1v) is 6.15. The Bertz CT molecular complexity index is 666. The van der Waals surface area contributed by atoms with Crippen LogP contribution in [-0.2, 0) is 11.0 Å². The van der Waals surface area contributed by atoms with E-state index in [2.05, 4.69) is 10.6 Å². The van der Waals surface area contributed by atoms with Crippen LogP contribution in [0.25, 0.3) is 0 Å². The van der Waals surface area contributed by atoms with Crippen molar-refractivity contribution >= 4 is 17.5 Å². The molecule has 1 heterocycles. The zero-order chi connectivity index (χ0) is 16.2. The first kappa shape index (κ1) is 15.6. The van der Waals surface area contributed by atoms with Crippen LogP contribution in [0, 0.1) is 0 Å². The molecule has 1 aromatic carbocycles. The quantitative estimate of drug-likeness (QED) is 0.912. The number of hydrogen-bond acceptors (Lipinski definition) is 3. The van der Waals surface area contributed by atoms with Crippen LogP contribution in [0.1, 0.15) is 16.1 Å². The van der Waals surface area contributed by atoms with Gasteiger partial charge in [0.05, 0.1) is 24.1 Å². The van der Waals surface area contributed by atoms with Crippen molar-refractivity contribution in [1.29, 1.82) is 0 Å². The van der Waals surface area contributed by atoms with Crippen LogP contribution in [0.5, 0.6) is 0 Å². The average molecular weight is 312 g/mol. The highest BCUT2D eigenvalue weighted by Gasteiger charge is 2.33. The van der Waals surface area contributed by atoms with Crippen molar-refractivity contribution in [3.8, 4) is 0 Å². The number of carbonyl (C=O) groups excluding carboxylic acids is 2. The number of amides is 2. The van der Waals surface area contributed by atoms with E-state index < -0.39 is 30.1 Å². The Morgan fingerprint density at radius 1 is 1.09 bits per heavy atom. The predicted octanol–water partition coefficient (Wildman–Crippen LogP) is 2.67. The Morgan fingerprint density at radius 2 is 1.82 bits per heavy atom. The number of rotatable bonds is 4. The zero-order valence-corrected chi connectivity index (χ0v) is 11.1. The SMILES string of the molecule is O=C(CNC(=O)c1ccco1)Nc1ccccc1C(F)(F)F. The molecule has 0 aliphatic carbocycles. The summed E-state index contributed by atoms with van der Waals surface area (Å²) in [5.41, 5.74) is -1.33. The maximum absolute atomic E-state index is 12.8. The number of carbonyl (C=O) groups is 2. The predicted molar refractivity (Wildman–Crippen MR) is 71.1 cm³/mol. The van der Waals surface area contributed by atoms with Gasteiger partial charge in [-0.2, -0.15) is 13.2 Å². The molecule has 0 radical (unpaired) electrons. The largest absolute Gasteiger partial charge is 0.459 e. The fourth-order valence-corrected chi connectivity index (χ4v) is 1.69. The van der Waals surface area contributed by atoms with E-state index in [0.717, 1.165) is 12.1 Å². The van der Waals surface area contributed by atoms with Crippen molar-refractivity contribution in [2.24, 2.45) is 0 Å². The van der Waals surface area contributed by atoms with Gasteiger partial charge in [-0.3, -0.25) is 9.59 Å². The lowest BCUT2D eigenvalue weighted by molar-refractivity contribution is -0.137. The summed E-state index contributed by atoms with van der Waals surface area (Å²) in [6, 6.07) is 7.47. The van der Waals surface area contributed by atoms with E-state index in [4.69, 9.17) is 4.42 Å². The Balaban J connectivity index is 1.97. The number of para-hydroxylation sites is 1. The fourth-order valence-electron chi connectivity index (χ4n) is 1.69. The fraction of sp³-hybridized carbons (Fsp3) is 0.143. The normalized spacial score (nSPS) is 11.0. The second-order valence-corrected chi connectivity index (χ2v) is 4.25. The van der Waals surface area contributed by atoms with Gasteiger partial charge in [0.25, 0.3) is 5.91 Å². The van der Waals surface area contributed by atoms with Crippen molar-refractivity contribution in [3.63, 3.8) is 0 Å². The van der Waals surface area contributed by atoms with Crippen molar-refractivity contribution < 1.29 is 27.2 Å². The van der Waals surface area contributed by atoms with Crippen LogP contribution in [0.3, 0.4) is 0 Å². The molecule has 1 aromatic heterocycles. The summed E-state index contributed by atoms with van der Waals surface area (Å²) in [6.45, 7) is -0.480. The Hall–Kier alpha value is -2.77. The summed E-state index contributed by atoms with van der Waals surface area (Å²) >= 11 is 0. The van der Waals surface area contributed by atoms with Gasteiger partial charge in [0.2, 0.25) is 5.91 Å². The maximum atomic E-state index is 12.8. The van der Waals surface area contributed by atoms with Crippen molar-refractivity contribution in [3.05, 3.63) is 54.0 Å². The van der Waals surface area contributed by atoms with Crippen LogP contribution < -0.4 is 10.6 Å². The van der Waals surface area contributed by atoms with Crippen molar-refractivity contribution in [1.82, 2.24) is 5.32 Å². The third-order valence-corrected chi connectivity index (χ3v) is 2.66. The van der Waals surface area contributed by atoms with E-state index in [0.29, 0.717) is 0 Å². The van der Waals surface area contributed by atoms with Gasteiger partial charge in [-0.1, -0.05) is 12.1 Å². The van der Waals surface area contributed by atoms with Gasteiger partial charge in [0, 0.05) is 0 Å². The molecule has 0 unspecified atom stereocenters. The van der Waals surface area contributed by atoms with Gasteiger partial charge >= 0.3 is 6.18 Å². The highest BCUT2D eigenvalue weighted by molar-refractivity contribution is 5.98. The average Bonchev–Trinajstić information content (AvgIpc) is 2.98. The highest BCUT2D eigenvalue weighted by Crippen LogP contribution is 2.34. The number of benzene rings is 1. The molecule has 0 saturated carbocycles. The molecule has 22 heavy (non-hydrogen) atoms. The van der Waals surface area contributed by atoms with E-state index in [1.165, 1.54) is 30.5 Å². The number of anilines is 1. The third-order valence-electron chi connectivity index (χ3n) is 2.66. The Labute approximate surface area is 123 Å². The molecule has 0 atom stereocenters. The summed E-state index contributed by atoms with van der Waals surface area (Å²) in [6.07, 6.45) is -3.30. The van der Waals surface area contributed by atoms with Gasteiger partial charge in [-0.15, -0.1) is 0 Å². The second-order valence-electron chi connectivity index (χ2n) is 4.25. The summed E-state index contributed by atoms with van der Waals surface area (Å²) in [4.78, 5) is 23.2. The Morgan fingerprint density at radius 3 is 2.45 bits per heavy atom. The first-order valence-electron chi connectivity index (χ1n) is 6.15. The molecule has 0 spiro atoms.